The molecule has 1 aliphatic heterocycles. The molecule has 2 aromatic rings. The van der Waals surface area contributed by atoms with Crippen molar-refractivity contribution in [3.63, 3.8) is 0 Å². The lowest BCUT2D eigenvalue weighted by atomic mass is 10.1. The Morgan fingerprint density at radius 3 is 2.59 bits per heavy atom. The minimum Gasteiger partial charge on any atom is -0.381 e. The first kappa shape index (κ1) is 21.7. The predicted octanol–water partition coefficient (Wildman–Crippen LogP) is 4.24. The van der Waals surface area contributed by atoms with Crippen LogP contribution in [-0.4, -0.2) is 25.3 Å². The Kier molecular flexibility index (Phi) is 9.03. The van der Waals surface area contributed by atoms with Crippen LogP contribution in [0.2, 0.25) is 0 Å². The zero-order chi connectivity index (χ0) is 18.2. The lowest BCUT2D eigenvalue weighted by molar-refractivity contribution is -0.0390. The molecule has 1 fully saturated rings. The summed E-state index contributed by atoms with van der Waals surface area (Å²) in [5.41, 5.74) is 10.4. The van der Waals surface area contributed by atoms with Crippen molar-refractivity contribution >= 4 is 35.6 Å². The van der Waals surface area contributed by atoms with Crippen molar-refractivity contribution in [2.75, 3.05) is 18.5 Å². The lowest BCUT2D eigenvalue weighted by Gasteiger charge is -2.22. The maximum absolute atomic E-state index is 5.99. The number of aryl methyl sites for hydroxylation is 1. The summed E-state index contributed by atoms with van der Waals surface area (Å²) in [7, 11) is 0. The number of nitrogens with zero attached hydrogens (tertiary/aromatic N) is 1. The van der Waals surface area contributed by atoms with Crippen LogP contribution in [0.5, 0.6) is 0 Å². The molecule has 146 valence electrons. The zero-order valence-corrected chi connectivity index (χ0v) is 18.0. The molecule has 1 aliphatic rings. The fourth-order valence-corrected chi connectivity index (χ4v) is 2.88. The van der Waals surface area contributed by atoms with Gasteiger partial charge in [0.25, 0.3) is 0 Å². The molecule has 2 aromatic carbocycles. The maximum atomic E-state index is 5.99. The Hall–Kier alpha value is -1.64. The van der Waals surface area contributed by atoms with Crippen LogP contribution in [0.1, 0.15) is 29.5 Å². The molecule has 1 saturated heterocycles. The first-order chi connectivity index (χ1) is 12.7. The largest absolute Gasteiger partial charge is 0.381 e. The van der Waals surface area contributed by atoms with Crippen LogP contribution < -0.4 is 11.1 Å². The van der Waals surface area contributed by atoms with Gasteiger partial charge in [-0.3, -0.25) is 0 Å². The van der Waals surface area contributed by atoms with Crippen LogP contribution in [0.4, 0.5) is 5.69 Å². The van der Waals surface area contributed by atoms with Crippen molar-refractivity contribution in [2.24, 2.45) is 10.7 Å². The summed E-state index contributed by atoms with van der Waals surface area (Å²) in [5.74, 6) is 0.415. The average Bonchev–Trinajstić information content (AvgIpc) is 2.68. The molecule has 1 heterocycles. The van der Waals surface area contributed by atoms with Crippen molar-refractivity contribution in [3.8, 4) is 0 Å². The van der Waals surface area contributed by atoms with Crippen LogP contribution in [0.3, 0.4) is 0 Å². The molecule has 5 nitrogen and oxygen atoms in total. The van der Waals surface area contributed by atoms with Gasteiger partial charge in [-0.05, 0) is 43.0 Å². The van der Waals surface area contributed by atoms with E-state index in [1.54, 1.807) is 0 Å². The molecule has 0 radical (unpaired) electrons. The van der Waals surface area contributed by atoms with Gasteiger partial charge in [0, 0.05) is 18.9 Å². The fourth-order valence-electron chi connectivity index (χ4n) is 2.88. The highest BCUT2D eigenvalue weighted by molar-refractivity contribution is 14.0. The van der Waals surface area contributed by atoms with Crippen molar-refractivity contribution in [3.05, 3.63) is 65.2 Å². The van der Waals surface area contributed by atoms with E-state index in [0.717, 1.165) is 42.9 Å². The highest BCUT2D eigenvalue weighted by atomic mass is 127. The minimum atomic E-state index is 0. The molecule has 0 unspecified atom stereocenters. The van der Waals surface area contributed by atoms with Gasteiger partial charge >= 0.3 is 0 Å². The average molecular weight is 481 g/mol. The topological polar surface area (TPSA) is 68.9 Å². The number of aliphatic imine (C=N–C) groups is 1. The number of anilines is 1. The minimum absolute atomic E-state index is 0. The van der Waals surface area contributed by atoms with E-state index >= 15 is 0 Å². The molecule has 0 amide bonds. The highest BCUT2D eigenvalue weighted by Crippen LogP contribution is 2.15. The van der Waals surface area contributed by atoms with Gasteiger partial charge in [-0.15, -0.1) is 24.0 Å². The van der Waals surface area contributed by atoms with E-state index in [0.29, 0.717) is 25.2 Å². The van der Waals surface area contributed by atoms with Crippen LogP contribution in [0, 0.1) is 6.92 Å². The number of nitrogens with one attached hydrogen (secondary N) is 1. The molecular formula is C21H28IN3O2. The van der Waals surface area contributed by atoms with Gasteiger partial charge in [-0.25, -0.2) is 4.99 Å². The summed E-state index contributed by atoms with van der Waals surface area (Å²) in [6.07, 6.45) is 2.26. The zero-order valence-electron chi connectivity index (χ0n) is 15.7. The number of guanidine groups is 1. The van der Waals surface area contributed by atoms with Crippen LogP contribution in [0.25, 0.3) is 0 Å². The van der Waals surface area contributed by atoms with Gasteiger partial charge in [-0.2, -0.15) is 0 Å². The molecule has 0 atom stereocenters. The second-order valence-electron chi connectivity index (χ2n) is 6.64. The summed E-state index contributed by atoms with van der Waals surface area (Å²) in [5, 5.41) is 3.11. The van der Waals surface area contributed by atoms with E-state index in [1.807, 2.05) is 30.3 Å². The van der Waals surface area contributed by atoms with Gasteiger partial charge in [-0.1, -0.05) is 42.0 Å². The Bertz CT molecular complexity index is 728. The number of halogens is 1. The Balaban J connectivity index is 0.00000261. The SMILES string of the molecule is Cc1ccc(NC(N)=NCc2cccc(COC3CCOCC3)c2)cc1.I. The van der Waals surface area contributed by atoms with Crippen LogP contribution >= 0.6 is 24.0 Å². The normalized spacial score (nSPS) is 15.2. The molecule has 27 heavy (non-hydrogen) atoms. The highest BCUT2D eigenvalue weighted by Gasteiger charge is 2.13. The quantitative estimate of drug-likeness (QED) is 0.368. The lowest BCUT2D eigenvalue weighted by Crippen LogP contribution is -2.23. The van der Waals surface area contributed by atoms with E-state index in [9.17, 15) is 0 Å². The standard InChI is InChI=1S/C21H27N3O2.HI/c1-16-5-7-19(8-6-16)24-21(22)23-14-17-3-2-4-18(13-17)15-26-20-9-11-25-12-10-20;/h2-8,13,20H,9-12,14-15H2,1H3,(H3,22,23,24);1H. The smallest absolute Gasteiger partial charge is 0.193 e. The summed E-state index contributed by atoms with van der Waals surface area (Å²) >= 11 is 0. The van der Waals surface area contributed by atoms with Gasteiger partial charge in [0.1, 0.15) is 0 Å². The molecule has 6 heteroatoms. The monoisotopic (exact) mass is 481 g/mol. The number of rotatable bonds is 6. The molecule has 3 N–H and O–H groups in total. The number of hydrogen-bond donors (Lipinski definition) is 2. The van der Waals surface area contributed by atoms with E-state index < -0.39 is 0 Å². The third kappa shape index (κ3) is 7.48. The van der Waals surface area contributed by atoms with Crippen molar-refractivity contribution in [1.29, 1.82) is 0 Å². The van der Waals surface area contributed by atoms with Crippen LogP contribution in [-0.2, 0) is 22.6 Å². The first-order valence-corrected chi connectivity index (χ1v) is 9.10. The van der Waals surface area contributed by atoms with E-state index in [-0.39, 0.29) is 24.0 Å². The summed E-state index contributed by atoms with van der Waals surface area (Å²) in [6, 6.07) is 16.4. The van der Waals surface area contributed by atoms with Gasteiger partial charge < -0.3 is 20.5 Å². The fraction of sp³-hybridized carbons (Fsp3) is 0.381. The molecular weight excluding hydrogens is 453 g/mol. The maximum Gasteiger partial charge on any atom is 0.193 e. The number of ether oxygens (including phenoxy) is 2. The second-order valence-corrected chi connectivity index (χ2v) is 6.64. The van der Waals surface area contributed by atoms with Gasteiger partial charge in [0.2, 0.25) is 0 Å². The number of nitrogens with two attached hydrogens (primary N) is 1. The number of benzene rings is 2. The summed E-state index contributed by atoms with van der Waals surface area (Å²) in [4.78, 5) is 4.43. The molecule has 0 aliphatic carbocycles. The molecule has 0 spiro atoms. The van der Waals surface area contributed by atoms with Crippen molar-refractivity contribution in [2.45, 2.75) is 39.0 Å². The molecule has 0 bridgehead atoms. The molecule has 0 saturated carbocycles. The third-order valence-electron chi connectivity index (χ3n) is 4.40. The van der Waals surface area contributed by atoms with E-state index in [4.69, 9.17) is 15.2 Å². The number of hydrogen-bond acceptors (Lipinski definition) is 3. The Morgan fingerprint density at radius 1 is 1.15 bits per heavy atom. The first-order valence-electron chi connectivity index (χ1n) is 9.10. The van der Waals surface area contributed by atoms with Crippen molar-refractivity contribution < 1.29 is 9.47 Å². The van der Waals surface area contributed by atoms with Crippen LogP contribution in [0.15, 0.2) is 53.5 Å². The van der Waals surface area contributed by atoms with Gasteiger partial charge in [0.15, 0.2) is 5.96 Å². The third-order valence-corrected chi connectivity index (χ3v) is 4.40. The predicted molar refractivity (Wildman–Crippen MR) is 121 cm³/mol. The van der Waals surface area contributed by atoms with Gasteiger partial charge in [0.05, 0.1) is 19.3 Å². The molecule has 0 aromatic heterocycles. The summed E-state index contributed by atoms with van der Waals surface area (Å²) < 4.78 is 11.3. The second kappa shape index (κ2) is 11.3. The van der Waals surface area contributed by atoms with E-state index in [2.05, 4.69) is 35.4 Å². The summed E-state index contributed by atoms with van der Waals surface area (Å²) in [6.45, 7) is 4.81. The van der Waals surface area contributed by atoms with E-state index in [1.165, 1.54) is 5.56 Å². The Morgan fingerprint density at radius 2 is 1.85 bits per heavy atom. The van der Waals surface area contributed by atoms with Crippen molar-refractivity contribution in [1.82, 2.24) is 0 Å². The molecule has 3 rings (SSSR count). The Labute approximate surface area is 178 Å².